The summed E-state index contributed by atoms with van der Waals surface area (Å²) in [5, 5.41) is 25.5. The molecular weight excluding hydrogens is 760 g/mol. The van der Waals surface area contributed by atoms with E-state index < -0.39 is 42.2 Å². The molecule has 2 aromatic carbocycles. The fourth-order valence-electron chi connectivity index (χ4n) is 4.42. The summed E-state index contributed by atoms with van der Waals surface area (Å²) in [5.41, 5.74) is 0.763. The average Bonchev–Trinajstić information content (AvgIpc) is 3.29. The van der Waals surface area contributed by atoms with Crippen molar-refractivity contribution in [1.29, 1.82) is 5.26 Å². The third kappa shape index (κ3) is 12.4. The van der Waals surface area contributed by atoms with E-state index in [-0.39, 0.29) is 148 Å². The summed E-state index contributed by atoms with van der Waals surface area (Å²) < 4.78 is 68.8. The Morgan fingerprint density at radius 2 is 1.67 bits per heavy atom. The summed E-state index contributed by atoms with van der Waals surface area (Å²) in [7, 11) is -9.20. The number of rotatable bonds is 12. The molecule has 3 aromatic rings. The van der Waals surface area contributed by atoms with Gasteiger partial charge in [-0.1, -0.05) is 44.0 Å². The van der Waals surface area contributed by atoms with Crippen molar-refractivity contribution in [2.75, 3.05) is 29.1 Å². The van der Waals surface area contributed by atoms with Gasteiger partial charge in [-0.05, 0) is 50.1 Å². The van der Waals surface area contributed by atoms with Crippen LogP contribution in [-0.2, 0) is 30.4 Å². The summed E-state index contributed by atoms with van der Waals surface area (Å²) >= 11 is 12.8. The van der Waals surface area contributed by atoms with Crippen molar-refractivity contribution in [1.82, 2.24) is 9.78 Å². The molecule has 0 saturated carbocycles. The van der Waals surface area contributed by atoms with Crippen LogP contribution in [0.3, 0.4) is 0 Å². The van der Waals surface area contributed by atoms with Crippen LogP contribution in [-0.4, -0.2) is 60.5 Å². The predicted octanol–water partition coefficient (Wildman–Crippen LogP) is -0.214. The van der Waals surface area contributed by atoms with Crippen LogP contribution in [0.5, 0.6) is 0 Å². The Morgan fingerprint density at radius 1 is 1.06 bits per heavy atom. The number of amides is 1. The molecule has 0 aliphatic heterocycles. The zero-order valence-corrected chi connectivity index (χ0v) is 36.9. The SMILES string of the molecule is CCN(CCCCS(=O)(=O)[O-])c1ccc(N=Nc2c(C#N)c(C(C)(C)C)nn2-c2c(Cl)cc(S(=O)(=O)[O-])cc2Cl)c(NC(C)=O)c1.[K+].[K+]. The molecule has 1 heterocycles. The van der Waals surface area contributed by atoms with Crippen LogP contribution in [0.1, 0.15) is 58.7 Å². The Bertz CT molecular complexity index is 1920. The number of benzene rings is 2. The normalized spacial score (nSPS) is 11.8. The van der Waals surface area contributed by atoms with Crippen LogP contribution in [0.2, 0.25) is 10.0 Å². The first-order valence-electron chi connectivity index (χ1n) is 13.8. The van der Waals surface area contributed by atoms with Crippen LogP contribution < -0.4 is 113 Å². The maximum atomic E-state index is 12.1. The molecule has 0 radical (unpaired) electrons. The quantitative estimate of drug-likeness (QED) is 0.110. The van der Waals surface area contributed by atoms with E-state index in [2.05, 4.69) is 26.7 Å². The first-order chi connectivity index (χ1) is 21.3. The fraction of sp³-hybridized carbons (Fsp3) is 0.393. The maximum Gasteiger partial charge on any atom is 1.00 e. The zero-order chi connectivity index (χ0) is 34.6. The fourth-order valence-corrected chi connectivity index (χ4v) is 6.28. The topological polar surface area (TPSA) is 213 Å². The Balaban J connectivity index is 0.00000576. The second-order valence-electron chi connectivity index (χ2n) is 11.1. The van der Waals surface area contributed by atoms with E-state index in [0.29, 0.717) is 30.9 Å². The van der Waals surface area contributed by atoms with Gasteiger partial charge in [0.1, 0.15) is 33.1 Å². The van der Waals surface area contributed by atoms with Crippen LogP contribution in [0.4, 0.5) is 22.9 Å². The molecule has 0 bridgehead atoms. The molecule has 0 aliphatic rings. The van der Waals surface area contributed by atoms with Gasteiger partial charge >= 0.3 is 103 Å². The van der Waals surface area contributed by atoms with E-state index in [4.69, 9.17) is 23.2 Å². The molecule has 248 valence electrons. The molecule has 0 unspecified atom stereocenters. The van der Waals surface area contributed by atoms with Gasteiger partial charge in [0.15, 0.2) is 5.82 Å². The van der Waals surface area contributed by atoms with Gasteiger partial charge in [0.05, 0.1) is 36.4 Å². The predicted molar refractivity (Wildman–Crippen MR) is 172 cm³/mol. The van der Waals surface area contributed by atoms with Crippen molar-refractivity contribution >= 4 is 72.2 Å². The second kappa shape index (κ2) is 19.0. The number of carbonyl (C=O) groups excluding carboxylic acids is 1. The third-order valence-corrected chi connectivity index (χ3v) is 8.71. The van der Waals surface area contributed by atoms with E-state index in [1.165, 1.54) is 6.92 Å². The Morgan fingerprint density at radius 3 is 2.15 bits per heavy atom. The summed E-state index contributed by atoms with van der Waals surface area (Å²) in [6, 6.07) is 8.87. The summed E-state index contributed by atoms with van der Waals surface area (Å²) in [5.74, 6) is -0.963. The monoisotopic (exact) mass is 789 g/mol. The minimum atomic E-state index is -4.89. The molecule has 14 nitrogen and oxygen atoms in total. The number of nitriles is 1. The molecule has 1 amide bonds. The van der Waals surface area contributed by atoms with Gasteiger partial charge in [-0.2, -0.15) is 10.4 Å². The molecule has 0 aliphatic carbocycles. The van der Waals surface area contributed by atoms with Gasteiger partial charge < -0.3 is 19.3 Å². The van der Waals surface area contributed by atoms with Crippen molar-refractivity contribution in [3.05, 3.63) is 51.6 Å². The van der Waals surface area contributed by atoms with Gasteiger partial charge in [-0.15, -0.1) is 10.2 Å². The molecule has 0 fully saturated rings. The number of hydrogen-bond acceptors (Lipinski definition) is 12. The second-order valence-corrected chi connectivity index (χ2v) is 14.9. The van der Waals surface area contributed by atoms with Crippen molar-refractivity contribution in [2.45, 2.75) is 57.8 Å². The summed E-state index contributed by atoms with van der Waals surface area (Å²) in [6.45, 7) is 9.62. The van der Waals surface area contributed by atoms with E-state index in [9.17, 15) is 36.0 Å². The number of aromatic nitrogens is 2. The van der Waals surface area contributed by atoms with Crippen LogP contribution in [0, 0.1) is 11.3 Å². The van der Waals surface area contributed by atoms with Crippen molar-refractivity contribution in [3.8, 4) is 11.8 Å². The number of carbonyl (C=O) groups is 1. The first-order valence-corrected chi connectivity index (χ1v) is 17.5. The molecule has 1 aromatic heterocycles. The number of anilines is 2. The van der Waals surface area contributed by atoms with Crippen LogP contribution in [0.15, 0.2) is 45.5 Å². The molecule has 0 spiro atoms. The van der Waals surface area contributed by atoms with Gasteiger partial charge in [0.2, 0.25) is 5.91 Å². The molecule has 1 N–H and O–H groups in total. The van der Waals surface area contributed by atoms with Gasteiger partial charge in [0.25, 0.3) is 0 Å². The van der Waals surface area contributed by atoms with Crippen molar-refractivity contribution in [2.24, 2.45) is 10.2 Å². The minimum Gasteiger partial charge on any atom is -0.748 e. The Kier molecular flexibility index (Phi) is 18.1. The van der Waals surface area contributed by atoms with Crippen LogP contribution >= 0.6 is 23.2 Å². The van der Waals surface area contributed by atoms with Crippen molar-refractivity contribution < 1.29 is 134 Å². The van der Waals surface area contributed by atoms with Gasteiger partial charge in [0, 0.05) is 36.9 Å². The standard InChI is InChI=1S/C28H33Cl2N7O7S2.2K/c1-6-36(11-7-8-12-45(39,40)41)18-9-10-23(24(13-18)32-17(2)38)33-34-27-20(16-31)26(28(3,4)5)35-37(27)25-21(29)14-19(15-22(25)30)46(42,43)44;;/h9-10,13-15H,6-8,11-12H2,1-5H3,(H,32,38)(H,39,40,41)(H,42,43,44);;/q;2*+1/p-2. The van der Waals surface area contributed by atoms with Gasteiger partial charge in [-0.3, -0.25) is 4.79 Å². The Hall–Kier alpha value is -0.317. The molecule has 0 saturated heterocycles. The zero-order valence-electron chi connectivity index (χ0n) is 27.5. The maximum absolute atomic E-state index is 12.1. The average molecular weight is 791 g/mol. The minimum absolute atomic E-state index is 0. The number of halogens is 2. The number of azo groups is 1. The first kappa shape index (κ1) is 45.7. The molecular formula is C28H31Cl2K2N7O7S2. The summed E-state index contributed by atoms with van der Waals surface area (Å²) in [6.07, 6.45) is 0.637. The smallest absolute Gasteiger partial charge is 0.748 e. The van der Waals surface area contributed by atoms with Crippen LogP contribution in [0.25, 0.3) is 5.69 Å². The third-order valence-electron chi connectivity index (χ3n) is 6.54. The molecule has 0 atom stereocenters. The number of nitrogens with one attached hydrogen (secondary N) is 1. The van der Waals surface area contributed by atoms with E-state index in [1.54, 1.807) is 18.2 Å². The Labute approximate surface area is 375 Å². The van der Waals surface area contributed by atoms with Crippen molar-refractivity contribution in [3.63, 3.8) is 0 Å². The van der Waals surface area contributed by atoms with E-state index in [0.717, 1.165) is 16.8 Å². The molecule has 3 rings (SSSR count). The van der Waals surface area contributed by atoms with E-state index in [1.807, 2.05) is 32.6 Å². The number of unbranched alkanes of at least 4 members (excludes halogenated alkanes) is 1. The number of hydrogen-bond donors (Lipinski definition) is 1. The largest absolute Gasteiger partial charge is 1.00 e. The van der Waals surface area contributed by atoms with E-state index >= 15 is 0 Å². The van der Waals surface area contributed by atoms with Gasteiger partial charge in [-0.25, -0.2) is 21.5 Å². The number of nitrogens with zero attached hydrogens (tertiary/aromatic N) is 6. The summed E-state index contributed by atoms with van der Waals surface area (Å²) in [4.78, 5) is 13.4. The molecule has 48 heavy (non-hydrogen) atoms. The molecule has 20 heteroatoms.